The van der Waals surface area contributed by atoms with E-state index in [1.807, 2.05) is 0 Å². The van der Waals surface area contributed by atoms with Gasteiger partial charge in [0.05, 0.1) is 0 Å². The smallest absolute Gasteiger partial charge is 0.263 e. The van der Waals surface area contributed by atoms with Crippen LogP contribution in [-0.4, -0.2) is 48.0 Å². The SMILES string of the molecule is CN1CCC(Oc2ccc3c(c2)OCC3=NO)C1=O. The number of likely N-dealkylation sites (N-methyl/N-ethyl adjacent to an activating group) is 1. The number of likely N-dealkylation sites (tertiary alicyclic amines) is 1. The molecule has 2 aliphatic rings. The zero-order valence-electron chi connectivity index (χ0n) is 10.5. The molecule has 0 bridgehead atoms. The van der Waals surface area contributed by atoms with E-state index in [1.165, 1.54) is 0 Å². The largest absolute Gasteiger partial charge is 0.486 e. The van der Waals surface area contributed by atoms with E-state index in [2.05, 4.69) is 5.16 Å². The molecular weight excluding hydrogens is 248 g/mol. The van der Waals surface area contributed by atoms with Crippen molar-refractivity contribution in [2.45, 2.75) is 12.5 Å². The van der Waals surface area contributed by atoms with Crippen molar-refractivity contribution in [1.29, 1.82) is 0 Å². The van der Waals surface area contributed by atoms with Crippen LogP contribution in [0.25, 0.3) is 0 Å². The number of oxime groups is 1. The summed E-state index contributed by atoms with van der Waals surface area (Å²) in [5.74, 6) is 1.20. The second kappa shape index (κ2) is 4.46. The quantitative estimate of drug-likeness (QED) is 0.634. The number of fused-ring (bicyclic) bond motifs is 1. The molecule has 2 aliphatic heterocycles. The van der Waals surface area contributed by atoms with Crippen molar-refractivity contribution in [3.63, 3.8) is 0 Å². The molecule has 1 fully saturated rings. The molecule has 1 amide bonds. The fraction of sp³-hybridized carbons (Fsp3) is 0.385. The fourth-order valence-electron chi connectivity index (χ4n) is 2.30. The summed E-state index contributed by atoms with van der Waals surface area (Å²) in [4.78, 5) is 13.4. The zero-order valence-corrected chi connectivity index (χ0v) is 10.5. The summed E-state index contributed by atoms with van der Waals surface area (Å²) in [6.45, 7) is 0.965. The molecule has 100 valence electrons. The normalized spacial score (nSPS) is 23.6. The second-order valence-corrected chi connectivity index (χ2v) is 4.65. The molecule has 0 aromatic heterocycles. The van der Waals surface area contributed by atoms with E-state index >= 15 is 0 Å². The standard InChI is InChI=1S/C13H14N2O4/c1-15-5-4-11(13(15)16)19-8-2-3-9-10(14-17)7-18-12(9)6-8/h2-3,6,11,17H,4-5,7H2,1H3. The number of rotatable bonds is 2. The maximum absolute atomic E-state index is 11.8. The molecule has 0 radical (unpaired) electrons. The Morgan fingerprint density at radius 3 is 3.05 bits per heavy atom. The van der Waals surface area contributed by atoms with Gasteiger partial charge in [0, 0.05) is 31.6 Å². The van der Waals surface area contributed by atoms with Gasteiger partial charge in [0.15, 0.2) is 6.10 Å². The number of hydrogen-bond donors (Lipinski definition) is 1. The predicted octanol–water partition coefficient (Wildman–Crippen LogP) is 0.867. The Morgan fingerprint density at radius 2 is 2.37 bits per heavy atom. The van der Waals surface area contributed by atoms with Gasteiger partial charge in [-0.3, -0.25) is 4.79 Å². The number of nitrogens with zero attached hydrogens (tertiary/aromatic N) is 2. The minimum absolute atomic E-state index is 0.000901. The summed E-state index contributed by atoms with van der Waals surface area (Å²) in [6.07, 6.45) is 0.270. The van der Waals surface area contributed by atoms with Gasteiger partial charge in [0.25, 0.3) is 5.91 Å². The van der Waals surface area contributed by atoms with Crippen LogP contribution in [0.2, 0.25) is 0 Å². The Balaban J connectivity index is 1.79. The molecular formula is C13H14N2O4. The lowest BCUT2D eigenvalue weighted by Gasteiger charge is -2.13. The summed E-state index contributed by atoms with van der Waals surface area (Å²) in [5, 5.41) is 12.0. The van der Waals surface area contributed by atoms with Crippen molar-refractivity contribution in [1.82, 2.24) is 4.90 Å². The highest BCUT2D eigenvalue weighted by molar-refractivity contribution is 6.06. The van der Waals surface area contributed by atoms with Crippen LogP contribution in [0.15, 0.2) is 23.4 Å². The van der Waals surface area contributed by atoms with Gasteiger partial charge < -0.3 is 19.6 Å². The summed E-state index contributed by atoms with van der Waals surface area (Å²) >= 11 is 0. The van der Waals surface area contributed by atoms with Crippen LogP contribution in [0.3, 0.4) is 0 Å². The van der Waals surface area contributed by atoms with Gasteiger partial charge in [0.2, 0.25) is 0 Å². The van der Waals surface area contributed by atoms with Crippen molar-refractivity contribution in [3.8, 4) is 11.5 Å². The molecule has 6 nitrogen and oxygen atoms in total. The minimum Gasteiger partial charge on any atom is -0.486 e. The number of benzene rings is 1. The lowest BCUT2D eigenvalue weighted by atomic mass is 10.1. The first-order valence-corrected chi connectivity index (χ1v) is 6.09. The molecule has 1 unspecified atom stereocenters. The summed E-state index contributed by atoms with van der Waals surface area (Å²) in [6, 6.07) is 5.25. The van der Waals surface area contributed by atoms with Crippen LogP contribution < -0.4 is 9.47 Å². The Labute approximate surface area is 110 Å². The molecule has 0 aliphatic carbocycles. The molecule has 0 spiro atoms. The zero-order chi connectivity index (χ0) is 13.4. The molecule has 1 aromatic carbocycles. The van der Waals surface area contributed by atoms with Crippen molar-refractivity contribution < 1.29 is 19.5 Å². The Bertz CT molecular complexity index is 556. The van der Waals surface area contributed by atoms with Crippen molar-refractivity contribution in [3.05, 3.63) is 23.8 Å². The maximum atomic E-state index is 11.8. The van der Waals surface area contributed by atoms with Gasteiger partial charge in [-0.25, -0.2) is 0 Å². The highest BCUT2D eigenvalue weighted by Crippen LogP contribution is 2.31. The van der Waals surface area contributed by atoms with Gasteiger partial charge in [-0.1, -0.05) is 5.16 Å². The molecule has 6 heteroatoms. The van der Waals surface area contributed by atoms with Crippen LogP contribution in [0.4, 0.5) is 0 Å². The summed E-state index contributed by atoms with van der Waals surface area (Å²) < 4.78 is 11.1. The van der Waals surface area contributed by atoms with Crippen molar-refractivity contribution in [2.24, 2.45) is 5.16 Å². The third kappa shape index (κ3) is 1.99. The van der Waals surface area contributed by atoms with Crippen LogP contribution in [0, 0.1) is 0 Å². The first-order chi connectivity index (χ1) is 9.19. The molecule has 19 heavy (non-hydrogen) atoms. The van der Waals surface area contributed by atoms with Crippen molar-refractivity contribution in [2.75, 3.05) is 20.2 Å². The third-order valence-corrected chi connectivity index (χ3v) is 3.41. The van der Waals surface area contributed by atoms with Gasteiger partial charge in [-0.2, -0.15) is 0 Å². The van der Waals surface area contributed by atoms with E-state index in [4.69, 9.17) is 14.7 Å². The highest BCUT2D eigenvalue weighted by Gasteiger charge is 2.31. The lowest BCUT2D eigenvalue weighted by Crippen LogP contribution is -2.29. The predicted molar refractivity (Wildman–Crippen MR) is 66.9 cm³/mol. The van der Waals surface area contributed by atoms with E-state index in [-0.39, 0.29) is 12.5 Å². The fourth-order valence-corrected chi connectivity index (χ4v) is 2.30. The van der Waals surface area contributed by atoms with Crippen LogP contribution in [0.5, 0.6) is 11.5 Å². The molecule has 1 saturated heterocycles. The summed E-state index contributed by atoms with van der Waals surface area (Å²) in [5.41, 5.74) is 1.25. The average molecular weight is 262 g/mol. The molecule has 3 rings (SSSR count). The van der Waals surface area contributed by atoms with Gasteiger partial charge in [-0.15, -0.1) is 0 Å². The Morgan fingerprint density at radius 1 is 1.53 bits per heavy atom. The first-order valence-electron chi connectivity index (χ1n) is 6.09. The number of carbonyl (C=O) groups is 1. The monoisotopic (exact) mass is 262 g/mol. The van der Waals surface area contributed by atoms with Crippen LogP contribution in [-0.2, 0) is 4.79 Å². The second-order valence-electron chi connectivity index (χ2n) is 4.65. The lowest BCUT2D eigenvalue weighted by molar-refractivity contribution is -0.132. The molecule has 1 aromatic rings. The molecule has 1 N–H and O–H groups in total. The van der Waals surface area contributed by atoms with E-state index in [1.54, 1.807) is 30.1 Å². The van der Waals surface area contributed by atoms with E-state index in [9.17, 15) is 4.79 Å². The Hall–Kier alpha value is -2.24. The Kier molecular flexibility index (Phi) is 2.77. The topological polar surface area (TPSA) is 71.4 Å². The van der Waals surface area contributed by atoms with Crippen LogP contribution in [0.1, 0.15) is 12.0 Å². The first kappa shape index (κ1) is 11.8. The number of carbonyl (C=O) groups excluding carboxylic acids is 1. The maximum Gasteiger partial charge on any atom is 0.263 e. The van der Waals surface area contributed by atoms with Gasteiger partial charge >= 0.3 is 0 Å². The molecule has 1 atom stereocenters. The highest BCUT2D eigenvalue weighted by atomic mass is 16.5. The minimum atomic E-state index is -0.421. The number of ether oxygens (including phenoxy) is 2. The number of hydrogen-bond acceptors (Lipinski definition) is 5. The third-order valence-electron chi connectivity index (χ3n) is 3.41. The number of amides is 1. The molecule has 2 heterocycles. The van der Waals surface area contributed by atoms with Crippen LogP contribution >= 0.6 is 0 Å². The molecule has 0 saturated carbocycles. The average Bonchev–Trinajstić information content (AvgIpc) is 2.96. The van der Waals surface area contributed by atoms with E-state index in [0.29, 0.717) is 30.2 Å². The van der Waals surface area contributed by atoms with Gasteiger partial charge in [-0.05, 0) is 12.1 Å². The van der Waals surface area contributed by atoms with Gasteiger partial charge in [0.1, 0.15) is 23.8 Å². The summed E-state index contributed by atoms with van der Waals surface area (Å²) in [7, 11) is 1.77. The van der Waals surface area contributed by atoms with Crippen molar-refractivity contribution >= 4 is 11.6 Å². The van der Waals surface area contributed by atoms with E-state index in [0.717, 1.165) is 5.56 Å². The van der Waals surface area contributed by atoms with E-state index < -0.39 is 6.10 Å².